The predicted octanol–water partition coefficient (Wildman–Crippen LogP) is 5.28. The first-order chi connectivity index (χ1) is 7.58. The summed E-state index contributed by atoms with van der Waals surface area (Å²) in [4.78, 5) is 0. The zero-order chi connectivity index (χ0) is 11.8. The smallest absolute Gasteiger partial charge is 0.0269 e. The molecule has 0 heterocycles. The second-order valence-corrected chi connectivity index (χ2v) is 6.96. The van der Waals surface area contributed by atoms with Gasteiger partial charge in [0.2, 0.25) is 0 Å². The van der Waals surface area contributed by atoms with E-state index in [1.165, 1.54) is 38.5 Å². The van der Waals surface area contributed by atoms with E-state index in [1.54, 1.807) is 6.42 Å². The van der Waals surface area contributed by atoms with E-state index in [0.29, 0.717) is 5.41 Å². The first-order valence-electron chi connectivity index (χ1n) is 7.58. The van der Waals surface area contributed by atoms with Gasteiger partial charge in [0.1, 0.15) is 0 Å². The zero-order valence-electron chi connectivity index (χ0n) is 11.8. The van der Waals surface area contributed by atoms with Crippen LogP contribution in [0, 0.1) is 29.1 Å². The molecule has 2 fully saturated rings. The van der Waals surface area contributed by atoms with Crippen molar-refractivity contribution in [3.63, 3.8) is 0 Å². The molecule has 94 valence electrons. The van der Waals surface area contributed by atoms with Crippen molar-refractivity contribution < 1.29 is 0 Å². The van der Waals surface area contributed by atoms with E-state index in [4.69, 9.17) is 0 Å². The molecular formula is C16H30. The van der Waals surface area contributed by atoms with Gasteiger partial charge in [-0.3, -0.25) is 0 Å². The molecule has 0 bridgehead atoms. The Bertz CT molecular complexity index is 222. The second kappa shape index (κ2) is 4.70. The highest BCUT2D eigenvalue weighted by Crippen LogP contribution is 2.61. The maximum atomic E-state index is 2.51. The van der Waals surface area contributed by atoms with Gasteiger partial charge in [-0.2, -0.15) is 0 Å². The van der Waals surface area contributed by atoms with E-state index in [0.717, 1.165) is 23.7 Å². The molecule has 2 saturated carbocycles. The standard InChI is InChI=1S/C16H30/c1-5-6-14-7-8-15(11-14)9-10-16(4)12(2)13(16)3/h12-15H,5-11H2,1-4H3. The van der Waals surface area contributed by atoms with Crippen molar-refractivity contribution in [2.24, 2.45) is 29.1 Å². The van der Waals surface area contributed by atoms with Crippen LogP contribution < -0.4 is 0 Å². The van der Waals surface area contributed by atoms with E-state index in [-0.39, 0.29) is 0 Å². The van der Waals surface area contributed by atoms with Crippen LogP contribution in [0.15, 0.2) is 0 Å². The van der Waals surface area contributed by atoms with Crippen molar-refractivity contribution in [1.29, 1.82) is 0 Å². The van der Waals surface area contributed by atoms with Crippen molar-refractivity contribution in [3.05, 3.63) is 0 Å². The predicted molar refractivity (Wildman–Crippen MR) is 71.4 cm³/mol. The van der Waals surface area contributed by atoms with Gasteiger partial charge in [-0.15, -0.1) is 0 Å². The van der Waals surface area contributed by atoms with Crippen molar-refractivity contribution in [2.75, 3.05) is 0 Å². The first-order valence-corrected chi connectivity index (χ1v) is 7.58. The van der Waals surface area contributed by atoms with Gasteiger partial charge in [-0.1, -0.05) is 53.4 Å². The van der Waals surface area contributed by atoms with E-state index in [2.05, 4.69) is 27.7 Å². The Labute approximate surface area is 102 Å². The lowest BCUT2D eigenvalue weighted by Gasteiger charge is -2.15. The molecule has 4 atom stereocenters. The molecule has 2 aliphatic rings. The lowest BCUT2D eigenvalue weighted by Crippen LogP contribution is -2.04. The third-order valence-corrected chi connectivity index (χ3v) is 6.16. The molecule has 2 rings (SSSR count). The van der Waals surface area contributed by atoms with Crippen LogP contribution in [0.1, 0.15) is 72.6 Å². The van der Waals surface area contributed by atoms with Gasteiger partial charge in [0, 0.05) is 0 Å². The third kappa shape index (κ3) is 2.31. The molecule has 0 spiro atoms. The minimum atomic E-state index is 0.711. The normalized spacial score (nSPS) is 47.2. The van der Waals surface area contributed by atoms with Crippen LogP contribution in [0.2, 0.25) is 0 Å². The highest BCUT2D eigenvalue weighted by molar-refractivity contribution is 5.02. The molecule has 0 aromatic heterocycles. The molecule has 2 aliphatic carbocycles. The minimum absolute atomic E-state index is 0.711. The summed E-state index contributed by atoms with van der Waals surface area (Å²) in [6, 6.07) is 0. The van der Waals surface area contributed by atoms with E-state index < -0.39 is 0 Å². The number of hydrogen-bond acceptors (Lipinski definition) is 0. The maximum Gasteiger partial charge on any atom is -0.0269 e. The Kier molecular flexibility index (Phi) is 3.66. The van der Waals surface area contributed by atoms with Crippen LogP contribution in [0.25, 0.3) is 0 Å². The Morgan fingerprint density at radius 2 is 1.56 bits per heavy atom. The summed E-state index contributed by atoms with van der Waals surface area (Å²) in [5.41, 5.74) is 0.711. The van der Waals surface area contributed by atoms with Crippen molar-refractivity contribution >= 4 is 0 Å². The lowest BCUT2D eigenvalue weighted by atomic mass is 9.90. The van der Waals surface area contributed by atoms with Gasteiger partial charge in [-0.25, -0.2) is 0 Å². The van der Waals surface area contributed by atoms with E-state index >= 15 is 0 Å². The third-order valence-electron chi connectivity index (χ3n) is 6.16. The monoisotopic (exact) mass is 222 g/mol. The molecule has 16 heavy (non-hydrogen) atoms. The van der Waals surface area contributed by atoms with Crippen LogP contribution in [0.5, 0.6) is 0 Å². The average molecular weight is 222 g/mol. The first kappa shape index (κ1) is 12.5. The largest absolute Gasteiger partial charge is 0.0654 e. The fourth-order valence-electron chi connectivity index (χ4n) is 4.15. The summed E-state index contributed by atoms with van der Waals surface area (Å²) in [6.45, 7) is 9.74. The molecule has 0 heteroatoms. The van der Waals surface area contributed by atoms with Crippen molar-refractivity contribution in [1.82, 2.24) is 0 Å². The summed E-state index contributed by atoms with van der Waals surface area (Å²) in [7, 11) is 0. The second-order valence-electron chi connectivity index (χ2n) is 6.96. The van der Waals surface area contributed by atoms with Crippen LogP contribution in [0.3, 0.4) is 0 Å². The van der Waals surface area contributed by atoms with Gasteiger partial charge < -0.3 is 0 Å². The van der Waals surface area contributed by atoms with E-state index in [9.17, 15) is 0 Å². The highest BCUT2D eigenvalue weighted by atomic mass is 14.6. The lowest BCUT2D eigenvalue weighted by molar-refractivity contribution is 0.360. The van der Waals surface area contributed by atoms with Gasteiger partial charge in [0.15, 0.2) is 0 Å². The molecular weight excluding hydrogens is 192 g/mol. The maximum absolute atomic E-state index is 2.51. The minimum Gasteiger partial charge on any atom is -0.0654 e. The van der Waals surface area contributed by atoms with Gasteiger partial charge in [0.25, 0.3) is 0 Å². The topological polar surface area (TPSA) is 0 Å². The molecule has 0 radical (unpaired) electrons. The van der Waals surface area contributed by atoms with Gasteiger partial charge in [-0.05, 0) is 48.3 Å². The Morgan fingerprint density at radius 3 is 2.06 bits per heavy atom. The number of hydrogen-bond donors (Lipinski definition) is 0. The van der Waals surface area contributed by atoms with Crippen LogP contribution >= 0.6 is 0 Å². The molecule has 0 aromatic rings. The fraction of sp³-hybridized carbons (Fsp3) is 1.00. The van der Waals surface area contributed by atoms with Crippen LogP contribution in [-0.2, 0) is 0 Å². The SMILES string of the molecule is CCCC1CCC(CCC2(C)C(C)C2C)C1. The van der Waals surface area contributed by atoms with Gasteiger partial charge >= 0.3 is 0 Å². The Balaban J connectivity index is 1.68. The van der Waals surface area contributed by atoms with Gasteiger partial charge in [0.05, 0.1) is 0 Å². The summed E-state index contributed by atoms with van der Waals surface area (Å²) < 4.78 is 0. The average Bonchev–Trinajstić information content (AvgIpc) is 2.70. The fourth-order valence-corrected chi connectivity index (χ4v) is 4.15. The summed E-state index contributed by atoms with van der Waals surface area (Å²) in [5, 5.41) is 0. The van der Waals surface area contributed by atoms with E-state index in [1.807, 2.05) is 0 Å². The highest BCUT2D eigenvalue weighted by Gasteiger charge is 2.54. The molecule has 4 unspecified atom stereocenters. The quantitative estimate of drug-likeness (QED) is 0.594. The van der Waals surface area contributed by atoms with Crippen molar-refractivity contribution in [3.8, 4) is 0 Å². The molecule has 0 aromatic carbocycles. The molecule has 0 saturated heterocycles. The Morgan fingerprint density at radius 1 is 1.00 bits per heavy atom. The summed E-state index contributed by atoms with van der Waals surface area (Å²) in [5.74, 6) is 4.13. The summed E-state index contributed by atoms with van der Waals surface area (Å²) >= 11 is 0. The van der Waals surface area contributed by atoms with Crippen LogP contribution in [0.4, 0.5) is 0 Å². The number of rotatable bonds is 5. The van der Waals surface area contributed by atoms with Crippen LogP contribution in [-0.4, -0.2) is 0 Å². The Hall–Kier alpha value is 0. The molecule has 0 nitrogen and oxygen atoms in total. The zero-order valence-corrected chi connectivity index (χ0v) is 11.8. The molecule has 0 aliphatic heterocycles. The molecule has 0 N–H and O–H groups in total. The van der Waals surface area contributed by atoms with Crippen molar-refractivity contribution in [2.45, 2.75) is 72.6 Å². The molecule has 0 amide bonds. The summed E-state index contributed by atoms with van der Waals surface area (Å²) in [6.07, 6.45) is 10.5.